The summed E-state index contributed by atoms with van der Waals surface area (Å²) in [6, 6.07) is 4.43. The molecular weight excluding hydrogens is 357 g/mol. The first-order valence-corrected chi connectivity index (χ1v) is 8.04. The minimum atomic E-state index is -4.45. The summed E-state index contributed by atoms with van der Waals surface area (Å²) in [5.41, 5.74) is 5.22. The summed E-state index contributed by atoms with van der Waals surface area (Å²) < 4.78 is 44.5. The first-order chi connectivity index (χ1) is 11.3. The number of methoxy groups -OCH3 is 1. The van der Waals surface area contributed by atoms with Crippen LogP contribution in [-0.4, -0.2) is 36.6 Å². The molecular formula is C17H24ClF3N2O2. The van der Waals surface area contributed by atoms with Crippen LogP contribution >= 0.6 is 12.4 Å². The van der Waals surface area contributed by atoms with Crippen LogP contribution in [0.5, 0.6) is 0 Å². The highest BCUT2D eigenvalue weighted by atomic mass is 35.5. The first-order valence-electron chi connectivity index (χ1n) is 8.04. The zero-order valence-corrected chi connectivity index (χ0v) is 14.9. The number of nitrogens with zero attached hydrogens (tertiary/aromatic N) is 1. The summed E-state index contributed by atoms with van der Waals surface area (Å²) in [5, 5.41) is 0. The Hall–Kier alpha value is -1.31. The zero-order valence-electron chi connectivity index (χ0n) is 14.1. The lowest BCUT2D eigenvalue weighted by molar-refractivity contribution is -0.141. The average Bonchev–Trinajstić information content (AvgIpc) is 3.05. The third-order valence-electron chi connectivity index (χ3n) is 4.38. The zero-order chi connectivity index (χ0) is 17.7. The van der Waals surface area contributed by atoms with E-state index < -0.39 is 17.8 Å². The molecule has 0 bridgehead atoms. The van der Waals surface area contributed by atoms with Gasteiger partial charge in [-0.15, -0.1) is 12.4 Å². The number of carbonyl (C=O) groups is 1. The van der Waals surface area contributed by atoms with Crippen molar-refractivity contribution in [2.24, 2.45) is 5.73 Å². The Morgan fingerprint density at radius 1 is 1.32 bits per heavy atom. The molecule has 1 unspecified atom stereocenters. The summed E-state index contributed by atoms with van der Waals surface area (Å²) in [5.74, 6) is -0.360. The number of carbonyl (C=O) groups excluding carboxylic acids is 1. The molecule has 1 fully saturated rings. The van der Waals surface area contributed by atoms with Gasteiger partial charge in [-0.2, -0.15) is 13.2 Å². The van der Waals surface area contributed by atoms with Gasteiger partial charge in [0.15, 0.2) is 0 Å². The number of hydrogen-bond acceptors (Lipinski definition) is 3. The summed E-state index contributed by atoms with van der Waals surface area (Å²) in [7, 11) is 1.44. The van der Waals surface area contributed by atoms with Crippen LogP contribution in [0.1, 0.15) is 36.8 Å². The molecule has 0 saturated heterocycles. The molecule has 4 nitrogen and oxygen atoms in total. The van der Waals surface area contributed by atoms with E-state index in [1.807, 2.05) is 0 Å². The van der Waals surface area contributed by atoms with Gasteiger partial charge in [0.05, 0.1) is 12.2 Å². The van der Waals surface area contributed by atoms with E-state index in [1.54, 1.807) is 6.07 Å². The molecule has 0 radical (unpaired) electrons. The van der Waals surface area contributed by atoms with Crippen LogP contribution < -0.4 is 5.73 Å². The highest BCUT2D eigenvalue weighted by Gasteiger charge is 2.35. The maximum absolute atomic E-state index is 13.2. The smallest absolute Gasteiger partial charge is 0.383 e. The van der Waals surface area contributed by atoms with Gasteiger partial charge in [-0.3, -0.25) is 4.79 Å². The van der Waals surface area contributed by atoms with E-state index >= 15 is 0 Å². The van der Waals surface area contributed by atoms with Crippen LogP contribution in [0.2, 0.25) is 0 Å². The van der Waals surface area contributed by atoms with E-state index in [0.717, 1.165) is 31.7 Å². The van der Waals surface area contributed by atoms with E-state index in [2.05, 4.69) is 0 Å². The molecule has 142 valence electrons. The Morgan fingerprint density at radius 2 is 1.92 bits per heavy atom. The fraction of sp³-hybridized carbons (Fsp3) is 0.588. The van der Waals surface area contributed by atoms with Crippen molar-refractivity contribution in [2.45, 2.75) is 50.5 Å². The van der Waals surface area contributed by atoms with Gasteiger partial charge in [0.25, 0.3) is 0 Å². The molecule has 1 aliphatic rings. The monoisotopic (exact) mass is 380 g/mol. The topological polar surface area (TPSA) is 55.6 Å². The molecule has 1 atom stereocenters. The Morgan fingerprint density at radius 3 is 2.48 bits per heavy atom. The van der Waals surface area contributed by atoms with Gasteiger partial charge in [0, 0.05) is 19.7 Å². The lowest BCUT2D eigenvalue weighted by atomic mass is 10.0. The van der Waals surface area contributed by atoms with Crippen LogP contribution in [0.4, 0.5) is 13.2 Å². The summed E-state index contributed by atoms with van der Waals surface area (Å²) in [4.78, 5) is 14.1. The minimum absolute atomic E-state index is 0. The Bertz CT molecular complexity index is 563. The van der Waals surface area contributed by atoms with Crippen molar-refractivity contribution >= 4 is 18.3 Å². The Kier molecular flexibility index (Phi) is 8.18. The van der Waals surface area contributed by atoms with Gasteiger partial charge < -0.3 is 15.4 Å². The maximum Gasteiger partial charge on any atom is 0.416 e. The molecule has 0 heterocycles. The highest BCUT2D eigenvalue weighted by Crippen LogP contribution is 2.33. The van der Waals surface area contributed by atoms with E-state index in [1.165, 1.54) is 24.1 Å². The molecule has 1 aromatic rings. The molecule has 0 aromatic heterocycles. The Labute approximate surface area is 151 Å². The standard InChI is InChI=1S/C17H23F3N2O2.ClH/c1-24-11-15(21)16(23)22(13-7-3-4-8-13)10-12-6-2-5-9-14(12)17(18,19)20;/h2,5-6,9,13,15H,3-4,7-8,10-11,21H2,1H3;1H. The van der Waals surface area contributed by atoms with Crippen LogP contribution in [0, 0.1) is 0 Å². The Balaban J connectivity index is 0.00000312. The van der Waals surface area contributed by atoms with Crippen molar-refractivity contribution in [3.05, 3.63) is 35.4 Å². The first kappa shape index (κ1) is 21.7. The maximum atomic E-state index is 13.2. The molecule has 1 saturated carbocycles. The molecule has 2 N–H and O–H groups in total. The molecule has 8 heteroatoms. The number of ether oxygens (including phenoxy) is 1. The number of halogens is 4. The SMILES string of the molecule is COCC(N)C(=O)N(Cc1ccccc1C(F)(F)F)C1CCCC1.Cl. The molecule has 0 aliphatic heterocycles. The van der Waals surface area contributed by atoms with E-state index in [-0.39, 0.29) is 43.1 Å². The molecule has 25 heavy (non-hydrogen) atoms. The predicted molar refractivity (Wildman–Crippen MR) is 91.3 cm³/mol. The van der Waals surface area contributed by atoms with Crippen molar-refractivity contribution in [1.82, 2.24) is 4.90 Å². The van der Waals surface area contributed by atoms with Crippen LogP contribution in [0.15, 0.2) is 24.3 Å². The summed E-state index contributed by atoms with van der Waals surface area (Å²) >= 11 is 0. The summed E-state index contributed by atoms with van der Waals surface area (Å²) in [6.45, 7) is -0.0421. The highest BCUT2D eigenvalue weighted by molar-refractivity contribution is 5.85. The van der Waals surface area contributed by atoms with Gasteiger partial charge in [-0.05, 0) is 24.5 Å². The predicted octanol–water partition coefficient (Wildman–Crippen LogP) is 3.37. The quantitative estimate of drug-likeness (QED) is 0.823. The van der Waals surface area contributed by atoms with Gasteiger partial charge in [-0.25, -0.2) is 0 Å². The van der Waals surface area contributed by atoms with Crippen molar-refractivity contribution in [3.8, 4) is 0 Å². The molecule has 1 amide bonds. The van der Waals surface area contributed by atoms with E-state index in [0.29, 0.717) is 0 Å². The largest absolute Gasteiger partial charge is 0.416 e. The van der Waals surface area contributed by atoms with Crippen molar-refractivity contribution in [1.29, 1.82) is 0 Å². The lowest BCUT2D eigenvalue weighted by Gasteiger charge is -2.32. The number of rotatable bonds is 6. The molecule has 1 aromatic carbocycles. The van der Waals surface area contributed by atoms with Crippen LogP contribution in [0.3, 0.4) is 0 Å². The van der Waals surface area contributed by atoms with Gasteiger partial charge >= 0.3 is 6.18 Å². The fourth-order valence-electron chi connectivity index (χ4n) is 3.18. The number of alkyl halides is 3. The minimum Gasteiger partial charge on any atom is -0.383 e. The van der Waals surface area contributed by atoms with Crippen molar-refractivity contribution in [3.63, 3.8) is 0 Å². The van der Waals surface area contributed by atoms with Crippen LogP contribution in [0.25, 0.3) is 0 Å². The van der Waals surface area contributed by atoms with Crippen LogP contribution in [-0.2, 0) is 22.3 Å². The number of nitrogens with two attached hydrogens (primary N) is 1. The van der Waals surface area contributed by atoms with Crippen molar-refractivity contribution in [2.75, 3.05) is 13.7 Å². The van der Waals surface area contributed by atoms with E-state index in [9.17, 15) is 18.0 Å². The molecule has 1 aliphatic carbocycles. The fourth-order valence-corrected chi connectivity index (χ4v) is 3.18. The lowest BCUT2D eigenvalue weighted by Crippen LogP contribution is -2.49. The second kappa shape index (κ2) is 9.40. The normalized spacial score (nSPS) is 16.4. The average molecular weight is 381 g/mol. The van der Waals surface area contributed by atoms with E-state index in [4.69, 9.17) is 10.5 Å². The second-order valence-corrected chi connectivity index (χ2v) is 6.12. The third-order valence-corrected chi connectivity index (χ3v) is 4.38. The molecule has 2 rings (SSSR count). The molecule has 0 spiro atoms. The number of benzene rings is 1. The summed E-state index contributed by atoms with van der Waals surface area (Å²) in [6.07, 6.45) is -0.932. The number of hydrogen-bond donors (Lipinski definition) is 1. The third kappa shape index (κ3) is 5.59. The second-order valence-electron chi connectivity index (χ2n) is 6.12. The van der Waals surface area contributed by atoms with Gasteiger partial charge in [-0.1, -0.05) is 31.0 Å². The van der Waals surface area contributed by atoms with Gasteiger partial charge in [0.2, 0.25) is 5.91 Å². The number of amides is 1. The van der Waals surface area contributed by atoms with Gasteiger partial charge in [0.1, 0.15) is 6.04 Å². The van der Waals surface area contributed by atoms with Crippen molar-refractivity contribution < 1.29 is 22.7 Å².